The van der Waals surface area contributed by atoms with Crippen LogP contribution in [0.25, 0.3) is 0 Å². The van der Waals surface area contributed by atoms with Crippen LogP contribution in [-0.4, -0.2) is 21.3 Å². The Morgan fingerprint density at radius 2 is 2.58 bits per heavy atom. The Labute approximate surface area is 76.3 Å². The first-order valence-electron chi connectivity index (χ1n) is 4.16. The highest BCUT2D eigenvalue weighted by Gasteiger charge is 2.18. The topological polar surface area (TPSA) is 43.8 Å². The van der Waals surface area contributed by atoms with E-state index in [1.54, 1.807) is 0 Å². The number of thioether (sulfide) groups is 1. The molecule has 0 bridgehead atoms. The molecule has 2 N–H and O–H groups in total. The summed E-state index contributed by atoms with van der Waals surface area (Å²) in [7, 11) is 0. The minimum absolute atomic E-state index is 0.575. The molecule has 1 fully saturated rings. The van der Waals surface area contributed by atoms with Crippen molar-refractivity contribution in [3.63, 3.8) is 0 Å². The summed E-state index contributed by atoms with van der Waals surface area (Å²) >= 11 is 1.99. The summed E-state index contributed by atoms with van der Waals surface area (Å²) in [6.07, 6.45) is 3.27. The fourth-order valence-electron chi connectivity index (χ4n) is 1.41. The molecular formula is C8H13N3S. The van der Waals surface area contributed by atoms with Gasteiger partial charge in [-0.05, 0) is 19.1 Å². The predicted octanol–water partition coefficient (Wildman–Crippen LogP) is 1.45. The molecule has 1 aromatic rings. The number of aromatic nitrogens is 2. The molecule has 0 saturated carbocycles. The molecule has 3 nitrogen and oxygen atoms in total. The Balaban J connectivity index is 2.21. The van der Waals surface area contributed by atoms with E-state index in [0.717, 1.165) is 5.56 Å². The van der Waals surface area contributed by atoms with E-state index in [2.05, 4.69) is 5.10 Å². The zero-order valence-electron chi connectivity index (χ0n) is 7.16. The lowest BCUT2D eigenvalue weighted by Gasteiger charge is -2.07. The highest BCUT2D eigenvalue weighted by atomic mass is 32.2. The zero-order chi connectivity index (χ0) is 8.55. The van der Waals surface area contributed by atoms with Gasteiger partial charge >= 0.3 is 0 Å². The van der Waals surface area contributed by atoms with Gasteiger partial charge in [-0.1, -0.05) is 0 Å². The van der Waals surface area contributed by atoms with E-state index in [9.17, 15) is 0 Å². The molecule has 66 valence electrons. The van der Waals surface area contributed by atoms with E-state index in [4.69, 9.17) is 5.73 Å². The van der Waals surface area contributed by atoms with Crippen LogP contribution in [0, 0.1) is 6.92 Å². The first-order chi connectivity index (χ1) is 5.77. The molecule has 0 amide bonds. The van der Waals surface area contributed by atoms with E-state index >= 15 is 0 Å². The lowest BCUT2D eigenvalue weighted by Crippen LogP contribution is -2.08. The maximum absolute atomic E-state index is 5.67. The van der Waals surface area contributed by atoms with Crippen LogP contribution >= 0.6 is 11.8 Å². The highest BCUT2D eigenvalue weighted by molar-refractivity contribution is 7.99. The van der Waals surface area contributed by atoms with Crippen LogP contribution in [0.2, 0.25) is 0 Å². The van der Waals surface area contributed by atoms with Gasteiger partial charge in [0.05, 0.1) is 6.04 Å². The molecule has 1 aliphatic rings. The van der Waals surface area contributed by atoms with Crippen molar-refractivity contribution in [3.05, 3.63) is 11.8 Å². The molecule has 0 aromatic carbocycles. The van der Waals surface area contributed by atoms with E-state index in [0.29, 0.717) is 11.9 Å². The Morgan fingerprint density at radius 3 is 3.08 bits per heavy atom. The second kappa shape index (κ2) is 3.01. The smallest absolute Gasteiger partial charge is 0.148 e. The second-order valence-electron chi connectivity index (χ2n) is 3.19. The molecule has 0 spiro atoms. The van der Waals surface area contributed by atoms with Crippen LogP contribution in [-0.2, 0) is 0 Å². The predicted molar refractivity (Wildman–Crippen MR) is 52.4 cm³/mol. The zero-order valence-corrected chi connectivity index (χ0v) is 7.97. The minimum Gasteiger partial charge on any atom is -0.382 e. The number of nitrogens with zero attached hydrogens (tertiary/aromatic N) is 2. The molecule has 4 heteroatoms. The van der Waals surface area contributed by atoms with Gasteiger partial charge < -0.3 is 5.73 Å². The summed E-state index contributed by atoms with van der Waals surface area (Å²) in [5.41, 5.74) is 6.76. The van der Waals surface area contributed by atoms with E-state index in [1.165, 1.54) is 17.9 Å². The summed E-state index contributed by atoms with van der Waals surface area (Å²) < 4.78 is 2.02. The molecular weight excluding hydrogens is 170 g/mol. The lowest BCUT2D eigenvalue weighted by molar-refractivity contribution is 0.503. The summed E-state index contributed by atoms with van der Waals surface area (Å²) in [5, 5.41) is 4.27. The first kappa shape index (κ1) is 7.98. The molecule has 0 aliphatic carbocycles. The molecule has 1 atom stereocenters. The average Bonchev–Trinajstić information content (AvgIpc) is 2.61. The van der Waals surface area contributed by atoms with Crippen molar-refractivity contribution >= 4 is 17.6 Å². The summed E-state index contributed by atoms with van der Waals surface area (Å²) in [6, 6.07) is 0.575. The number of aryl methyl sites for hydroxylation is 1. The molecule has 1 aliphatic heterocycles. The number of hydrogen-bond acceptors (Lipinski definition) is 3. The Hall–Kier alpha value is -0.640. The maximum Gasteiger partial charge on any atom is 0.148 e. The molecule has 0 radical (unpaired) electrons. The van der Waals surface area contributed by atoms with Gasteiger partial charge in [0.1, 0.15) is 5.82 Å². The van der Waals surface area contributed by atoms with Crippen molar-refractivity contribution in [2.24, 2.45) is 0 Å². The molecule has 2 heterocycles. The average molecular weight is 183 g/mol. The van der Waals surface area contributed by atoms with Crippen LogP contribution in [0.5, 0.6) is 0 Å². The number of hydrogen-bond donors (Lipinski definition) is 1. The van der Waals surface area contributed by atoms with Gasteiger partial charge in [-0.3, -0.25) is 4.68 Å². The van der Waals surface area contributed by atoms with Crippen LogP contribution in [0.3, 0.4) is 0 Å². The first-order valence-corrected chi connectivity index (χ1v) is 5.32. The van der Waals surface area contributed by atoms with Crippen molar-refractivity contribution < 1.29 is 0 Å². The maximum atomic E-state index is 5.67. The monoisotopic (exact) mass is 183 g/mol. The molecule has 1 saturated heterocycles. The van der Waals surface area contributed by atoms with Gasteiger partial charge in [0.25, 0.3) is 0 Å². The van der Waals surface area contributed by atoms with Gasteiger partial charge in [0.15, 0.2) is 0 Å². The summed E-state index contributed by atoms with van der Waals surface area (Å²) in [5.74, 6) is 3.11. The third-order valence-electron chi connectivity index (χ3n) is 2.23. The van der Waals surface area contributed by atoms with E-state index in [1.807, 2.05) is 29.6 Å². The highest BCUT2D eigenvalue weighted by Crippen LogP contribution is 2.28. The van der Waals surface area contributed by atoms with Crippen LogP contribution in [0.4, 0.5) is 5.82 Å². The van der Waals surface area contributed by atoms with Gasteiger partial charge in [0.2, 0.25) is 0 Å². The minimum atomic E-state index is 0.575. The number of nitrogen functional groups attached to an aromatic ring is 1. The third kappa shape index (κ3) is 1.31. The van der Waals surface area contributed by atoms with Crippen LogP contribution in [0.15, 0.2) is 6.20 Å². The fraction of sp³-hybridized carbons (Fsp3) is 0.625. The molecule has 1 aromatic heterocycles. The standard InChI is InChI=1S/C8H13N3S/c1-6-4-11(10-8(6)9)7-2-3-12-5-7/h4,7H,2-3,5H2,1H3,(H2,9,10). The SMILES string of the molecule is Cc1cn(C2CCSC2)nc1N. The quantitative estimate of drug-likeness (QED) is 0.716. The van der Waals surface area contributed by atoms with Gasteiger partial charge in [-0.15, -0.1) is 0 Å². The number of anilines is 1. The number of nitrogens with two attached hydrogens (primary N) is 1. The third-order valence-corrected chi connectivity index (χ3v) is 3.38. The summed E-state index contributed by atoms with van der Waals surface area (Å²) in [4.78, 5) is 0. The van der Waals surface area contributed by atoms with Crippen molar-refractivity contribution in [1.82, 2.24) is 9.78 Å². The number of rotatable bonds is 1. The van der Waals surface area contributed by atoms with Crippen molar-refractivity contribution in [3.8, 4) is 0 Å². The fourth-order valence-corrected chi connectivity index (χ4v) is 2.61. The van der Waals surface area contributed by atoms with Crippen molar-refractivity contribution in [2.45, 2.75) is 19.4 Å². The molecule has 12 heavy (non-hydrogen) atoms. The van der Waals surface area contributed by atoms with Crippen LogP contribution in [0.1, 0.15) is 18.0 Å². The Bertz CT molecular complexity index is 256. The van der Waals surface area contributed by atoms with Gasteiger partial charge in [-0.2, -0.15) is 16.9 Å². The molecule has 2 rings (SSSR count). The Morgan fingerprint density at radius 1 is 1.75 bits per heavy atom. The Kier molecular flexibility index (Phi) is 2.00. The lowest BCUT2D eigenvalue weighted by atomic mass is 10.3. The van der Waals surface area contributed by atoms with E-state index in [-0.39, 0.29) is 0 Å². The van der Waals surface area contributed by atoms with Gasteiger partial charge in [-0.25, -0.2) is 0 Å². The van der Waals surface area contributed by atoms with Crippen molar-refractivity contribution in [1.29, 1.82) is 0 Å². The van der Waals surface area contributed by atoms with E-state index < -0.39 is 0 Å². The molecule has 1 unspecified atom stereocenters. The van der Waals surface area contributed by atoms with Crippen LogP contribution < -0.4 is 5.73 Å². The van der Waals surface area contributed by atoms with Gasteiger partial charge in [0, 0.05) is 17.5 Å². The summed E-state index contributed by atoms with van der Waals surface area (Å²) in [6.45, 7) is 2.00. The second-order valence-corrected chi connectivity index (χ2v) is 4.34. The largest absolute Gasteiger partial charge is 0.382 e. The van der Waals surface area contributed by atoms with Crippen molar-refractivity contribution in [2.75, 3.05) is 17.2 Å². The normalized spacial score (nSPS) is 23.2.